The van der Waals surface area contributed by atoms with E-state index in [0.29, 0.717) is 43.6 Å². The molecule has 0 spiro atoms. The second-order valence-corrected chi connectivity index (χ2v) is 8.29. The van der Waals surface area contributed by atoms with Crippen LogP contribution in [0.2, 0.25) is 0 Å². The second-order valence-electron chi connectivity index (χ2n) is 6.35. The van der Waals surface area contributed by atoms with Gasteiger partial charge in [0.25, 0.3) is 5.91 Å². The number of anilines is 2. The Balaban J connectivity index is 1.51. The number of piperazine rings is 1. The molecular formula is C17H19N5O4S. The van der Waals surface area contributed by atoms with Crippen molar-refractivity contribution in [1.29, 1.82) is 0 Å². The Hall–Kier alpha value is -2.72. The number of benzene rings is 1. The Labute approximate surface area is 157 Å². The van der Waals surface area contributed by atoms with Crippen LogP contribution in [0.5, 0.6) is 5.75 Å². The van der Waals surface area contributed by atoms with Crippen molar-refractivity contribution in [2.24, 2.45) is 0 Å². The van der Waals surface area contributed by atoms with Crippen LogP contribution < -0.4 is 15.0 Å². The zero-order chi connectivity index (χ0) is 19.0. The molecule has 1 saturated heterocycles. The molecule has 1 aromatic carbocycles. The van der Waals surface area contributed by atoms with Crippen molar-refractivity contribution in [3.8, 4) is 5.75 Å². The highest BCUT2D eigenvalue weighted by molar-refractivity contribution is 7.89. The first-order valence-corrected chi connectivity index (χ1v) is 10.0. The minimum Gasteiger partial charge on any atom is -0.479 e. The third-order valence-electron chi connectivity index (χ3n) is 4.59. The van der Waals surface area contributed by atoms with Crippen LogP contribution in [-0.2, 0) is 14.8 Å². The number of hydrogen-bond donors (Lipinski definition) is 1. The highest BCUT2D eigenvalue weighted by atomic mass is 32.2. The molecule has 9 nitrogen and oxygen atoms in total. The molecule has 1 fully saturated rings. The molecule has 10 heteroatoms. The molecule has 0 bridgehead atoms. The lowest BCUT2D eigenvalue weighted by atomic mass is 10.2. The maximum atomic E-state index is 13.0. The molecular weight excluding hydrogens is 370 g/mol. The smallest absolute Gasteiger partial charge is 0.265 e. The van der Waals surface area contributed by atoms with Gasteiger partial charge in [0, 0.05) is 38.6 Å². The number of nitrogens with one attached hydrogen (secondary N) is 1. The number of rotatable bonds is 3. The number of hydrogen-bond acceptors (Lipinski definition) is 7. The van der Waals surface area contributed by atoms with Crippen molar-refractivity contribution in [2.45, 2.75) is 17.9 Å². The van der Waals surface area contributed by atoms with Gasteiger partial charge in [-0.2, -0.15) is 4.31 Å². The van der Waals surface area contributed by atoms with Gasteiger partial charge in [0.1, 0.15) is 5.75 Å². The first-order chi connectivity index (χ1) is 12.9. The van der Waals surface area contributed by atoms with Gasteiger partial charge in [0.15, 0.2) is 6.10 Å². The summed E-state index contributed by atoms with van der Waals surface area (Å²) >= 11 is 0. The van der Waals surface area contributed by atoms with Crippen molar-refractivity contribution in [3.05, 3.63) is 36.7 Å². The van der Waals surface area contributed by atoms with E-state index in [2.05, 4.69) is 15.3 Å². The molecule has 4 rings (SSSR count). The Morgan fingerprint density at radius 1 is 1.15 bits per heavy atom. The number of aromatic nitrogens is 2. The van der Waals surface area contributed by atoms with Crippen LogP contribution in [0.4, 0.5) is 11.6 Å². The predicted molar refractivity (Wildman–Crippen MR) is 98.2 cm³/mol. The van der Waals surface area contributed by atoms with Crippen LogP contribution >= 0.6 is 0 Å². The van der Waals surface area contributed by atoms with Gasteiger partial charge in [0.05, 0.1) is 10.6 Å². The maximum absolute atomic E-state index is 13.0. The van der Waals surface area contributed by atoms with Crippen LogP contribution in [-0.4, -0.2) is 60.9 Å². The third-order valence-corrected chi connectivity index (χ3v) is 6.49. The van der Waals surface area contributed by atoms with Crippen molar-refractivity contribution >= 4 is 27.6 Å². The number of sulfonamides is 1. The largest absolute Gasteiger partial charge is 0.479 e. The van der Waals surface area contributed by atoms with E-state index in [4.69, 9.17) is 4.74 Å². The molecule has 142 valence electrons. The van der Waals surface area contributed by atoms with E-state index < -0.39 is 16.1 Å². The van der Waals surface area contributed by atoms with E-state index in [1.807, 2.05) is 4.90 Å². The van der Waals surface area contributed by atoms with Crippen molar-refractivity contribution in [2.75, 3.05) is 36.4 Å². The topological polar surface area (TPSA) is 105 Å². The summed E-state index contributed by atoms with van der Waals surface area (Å²) in [6, 6.07) is 6.27. The number of carbonyl (C=O) groups excluding carboxylic acids is 1. The number of amides is 1. The highest BCUT2D eigenvalue weighted by Crippen LogP contribution is 2.33. The van der Waals surface area contributed by atoms with E-state index in [1.165, 1.54) is 16.4 Å². The number of nitrogens with zero attached hydrogens (tertiary/aromatic N) is 4. The van der Waals surface area contributed by atoms with Crippen molar-refractivity contribution < 1.29 is 17.9 Å². The van der Waals surface area contributed by atoms with E-state index in [0.717, 1.165) is 0 Å². The second kappa shape index (κ2) is 6.78. The molecule has 1 atom stereocenters. The lowest BCUT2D eigenvalue weighted by molar-refractivity contribution is -0.122. The van der Waals surface area contributed by atoms with Gasteiger partial charge in [0.2, 0.25) is 16.0 Å². The summed E-state index contributed by atoms with van der Waals surface area (Å²) in [5, 5.41) is 2.68. The average Bonchev–Trinajstić information content (AvgIpc) is 2.69. The first kappa shape index (κ1) is 17.7. The van der Waals surface area contributed by atoms with E-state index in [-0.39, 0.29) is 10.8 Å². The summed E-state index contributed by atoms with van der Waals surface area (Å²) in [5.41, 5.74) is 0.371. The standard InChI is InChI=1S/C17H19N5O4S/c1-12-16(23)20-14-11-13(3-4-15(14)26-12)27(24,25)22-9-7-21(8-10-22)17-18-5-2-6-19-17/h2-6,11-12H,7-10H2,1H3,(H,20,23)/t12-/m0/s1. The van der Waals surface area contributed by atoms with Crippen LogP contribution in [0, 0.1) is 0 Å². The summed E-state index contributed by atoms with van der Waals surface area (Å²) in [6.45, 7) is 3.31. The average molecular weight is 389 g/mol. The van der Waals surface area contributed by atoms with Crippen LogP contribution in [0.15, 0.2) is 41.6 Å². The summed E-state index contributed by atoms with van der Waals surface area (Å²) in [7, 11) is -3.67. The maximum Gasteiger partial charge on any atom is 0.265 e. The Morgan fingerprint density at radius 3 is 2.56 bits per heavy atom. The fourth-order valence-electron chi connectivity index (χ4n) is 3.08. The number of carbonyl (C=O) groups is 1. The summed E-state index contributed by atoms with van der Waals surface area (Å²) in [4.78, 5) is 22.3. The minimum absolute atomic E-state index is 0.129. The Bertz CT molecular complexity index is 959. The SMILES string of the molecule is C[C@@H]1Oc2ccc(S(=O)(=O)N3CCN(c4ncccn4)CC3)cc2NC1=O. The molecule has 3 heterocycles. The quantitative estimate of drug-likeness (QED) is 0.824. The molecule has 1 N–H and O–H groups in total. The molecule has 0 unspecified atom stereocenters. The van der Waals surface area contributed by atoms with Crippen LogP contribution in [0.3, 0.4) is 0 Å². The van der Waals surface area contributed by atoms with Gasteiger partial charge in [-0.3, -0.25) is 4.79 Å². The third kappa shape index (κ3) is 3.33. The van der Waals surface area contributed by atoms with Crippen molar-refractivity contribution in [1.82, 2.24) is 14.3 Å². The van der Waals surface area contributed by atoms with Crippen LogP contribution in [0.25, 0.3) is 0 Å². The Morgan fingerprint density at radius 2 is 1.85 bits per heavy atom. The number of ether oxygens (including phenoxy) is 1. The molecule has 1 aromatic heterocycles. The van der Waals surface area contributed by atoms with Gasteiger partial charge in [-0.15, -0.1) is 0 Å². The van der Waals surface area contributed by atoms with Crippen LogP contribution in [0.1, 0.15) is 6.92 Å². The van der Waals surface area contributed by atoms with E-state index >= 15 is 0 Å². The first-order valence-electron chi connectivity index (χ1n) is 8.59. The summed E-state index contributed by atoms with van der Waals surface area (Å²) < 4.78 is 32.9. The molecule has 1 amide bonds. The highest BCUT2D eigenvalue weighted by Gasteiger charge is 2.31. The fourth-order valence-corrected chi connectivity index (χ4v) is 4.53. The zero-order valence-electron chi connectivity index (χ0n) is 14.7. The molecule has 27 heavy (non-hydrogen) atoms. The van der Waals surface area contributed by atoms with Gasteiger partial charge < -0.3 is 15.0 Å². The molecule has 2 aliphatic heterocycles. The minimum atomic E-state index is -3.67. The normalized spacial score (nSPS) is 20.6. The fraction of sp³-hybridized carbons (Fsp3) is 0.353. The lowest BCUT2D eigenvalue weighted by Gasteiger charge is -2.34. The van der Waals surface area contributed by atoms with E-state index in [1.54, 1.807) is 31.5 Å². The monoisotopic (exact) mass is 389 g/mol. The van der Waals surface area contributed by atoms with Gasteiger partial charge in [-0.25, -0.2) is 18.4 Å². The molecule has 2 aliphatic rings. The summed E-state index contributed by atoms with van der Waals surface area (Å²) in [5.74, 6) is 0.762. The Kier molecular flexibility index (Phi) is 4.44. The molecule has 2 aromatic rings. The molecule has 0 aliphatic carbocycles. The number of fused-ring (bicyclic) bond motifs is 1. The lowest BCUT2D eigenvalue weighted by Crippen LogP contribution is -2.49. The van der Waals surface area contributed by atoms with Crippen molar-refractivity contribution in [3.63, 3.8) is 0 Å². The van der Waals surface area contributed by atoms with Gasteiger partial charge >= 0.3 is 0 Å². The zero-order valence-corrected chi connectivity index (χ0v) is 15.5. The summed E-state index contributed by atoms with van der Waals surface area (Å²) in [6.07, 6.45) is 2.72. The molecule has 0 saturated carbocycles. The predicted octanol–water partition coefficient (Wildman–Crippen LogP) is 0.707. The van der Waals surface area contributed by atoms with Gasteiger partial charge in [-0.05, 0) is 31.2 Å². The van der Waals surface area contributed by atoms with E-state index in [9.17, 15) is 13.2 Å². The molecule has 0 radical (unpaired) electrons. The van der Waals surface area contributed by atoms with Gasteiger partial charge in [-0.1, -0.05) is 0 Å².